The van der Waals surface area contributed by atoms with Crippen molar-refractivity contribution in [2.24, 2.45) is 17.6 Å². The van der Waals surface area contributed by atoms with E-state index >= 15 is 0 Å². The van der Waals surface area contributed by atoms with Crippen molar-refractivity contribution in [3.63, 3.8) is 0 Å². The number of carbonyl (C=O) groups is 1. The Labute approximate surface area is 122 Å². The Hall–Kier alpha value is -1.15. The number of benzene rings is 1. The number of ketones is 1. The summed E-state index contributed by atoms with van der Waals surface area (Å²) in [5.41, 5.74) is 8.00. The topological polar surface area (TPSA) is 43.1 Å². The Balaban J connectivity index is 2.03. The van der Waals surface area contributed by atoms with Crippen molar-refractivity contribution in [2.45, 2.75) is 51.9 Å². The van der Waals surface area contributed by atoms with Crippen LogP contribution in [0, 0.1) is 11.8 Å². The lowest BCUT2D eigenvalue weighted by atomic mass is 9.78. The fourth-order valence-electron chi connectivity index (χ4n) is 3.03. The molecule has 2 N–H and O–H groups in total. The number of nitrogens with two attached hydrogens (primary N) is 1. The maximum atomic E-state index is 12.5. The molecule has 1 aliphatic rings. The normalized spacial score (nSPS) is 23.6. The number of Topliss-reactive ketones (excluding diaryl/α,β-unsaturated/α-hetero) is 1. The predicted octanol–water partition coefficient (Wildman–Crippen LogP) is 3.93. The third-order valence-corrected chi connectivity index (χ3v) is 4.59. The number of hydrogen-bond donors (Lipinski definition) is 1. The Bertz CT molecular complexity index is 447. The van der Waals surface area contributed by atoms with Gasteiger partial charge in [-0.3, -0.25) is 4.79 Å². The highest BCUT2D eigenvalue weighted by molar-refractivity contribution is 5.97. The van der Waals surface area contributed by atoms with Gasteiger partial charge in [0.15, 0.2) is 5.78 Å². The average molecular weight is 273 g/mol. The first-order chi connectivity index (χ1) is 9.41. The number of hydrogen-bond acceptors (Lipinski definition) is 2. The van der Waals surface area contributed by atoms with Crippen LogP contribution in [-0.4, -0.2) is 12.3 Å². The van der Waals surface area contributed by atoms with Crippen LogP contribution in [0.4, 0.5) is 0 Å². The van der Waals surface area contributed by atoms with E-state index in [1.807, 2.05) is 12.1 Å². The van der Waals surface area contributed by atoms with Crippen LogP contribution in [0.25, 0.3) is 0 Å². The van der Waals surface area contributed by atoms with Gasteiger partial charge in [-0.2, -0.15) is 0 Å². The monoisotopic (exact) mass is 273 g/mol. The quantitative estimate of drug-likeness (QED) is 0.848. The van der Waals surface area contributed by atoms with Crippen molar-refractivity contribution in [2.75, 3.05) is 6.54 Å². The van der Waals surface area contributed by atoms with Gasteiger partial charge in [-0.1, -0.05) is 45.0 Å². The Morgan fingerprint density at radius 3 is 2.10 bits per heavy atom. The van der Waals surface area contributed by atoms with E-state index in [1.54, 1.807) is 0 Å². The zero-order chi connectivity index (χ0) is 14.8. The number of rotatable bonds is 3. The Morgan fingerprint density at radius 1 is 1.10 bits per heavy atom. The third kappa shape index (κ3) is 3.49. The minimum atomic E-state index is 0.140. The molecule has 1 aromatic rings. The Morgan fingerprint density at radius 2 is 1.65 bits per heavy atom. The zero-order valence-corrected chi connectivity index (χ0v) is 13.0. The van der Waals surface area contributed by atoms with E-state index in [2.05, 4.69) is 32.9 Å². The average Bonchev–Trinajstić information content (AvgIpc) is 2.46. The van der Waals surface area contributed by atoms with Crippen molar-refractivity contribution in [1.82, 2.24) is 0 Å². The molecule has 0 bridgehead atoms. The Kier molecular flexibility index (Phi) is 4.64. The molecule has 2 heteroatoms. The fraction of sp³-hybridized carbons (Fsp3) is 0.611. The zero-order valence-electron chi connectivity index (χ0n) is 13.0. The molecule has 0 amide bonds. The highest BCUT2D eigenvalue weighted by Crippen LogP contribution is 2.31. The minimum absolute atomic E-state index is 0.140. The molecule has 0 heterocycles. The van der Waals surface area contributed by atoms with Gasteiger partial charge >= 0.3 is 0 Å². The van der Waals surface area contributed by atoms with E-state index in [0.717, 1.165) is 37.8 Å². The first-order valence-electron chi connectivity index (χ1n) is 7.76. The minimum Gasteiger partial charge on any atom is -0.330 e. The van der Waals surface area contributed by atoms with Crippen molar-refractivity contribution < 1.29 is 4.79 Å². The van der Waals surface area contributed by atoms with Gasteiger partial charge in [0.2, 0.25) is 0 Å². The van der Waals surface area contributed by atoms with Crippen LogP contribution in [0.3, 0.4) is 0 Å². The third-order valence-electron chi connectivity index (χ3n) is 4.59. The smallest absolute Gasteiger partial charge is 0.165 e. The molecule has 0 spiro atoms. The van der Waals surface area contributed by atoms with Gasteiger partial charge in [0.05, 0.1) is 0 Å². The molecule has 1 fully saturated rings. The van der Waals surface area contributed by atoms with Crippen molar-refractivity contribution in [3.05, 3.63) is 35.4 Å². The summed E-state index contributed by atoms with van der Waals surface area (Å²) in [6, 6.07) is 8.19. The van der Waals surface area contributed by atoms with E-state index in [0.29, 0.717) is 11.7 Å². The molecule has 2 rings (SSSR count). The van der Waals surface area contributed by atoms with E-state index in [-0.39, 0.29) is 11.3 Å². The van der Waals surface area contributed by atoms with Crippen molar-refractivity contribution >= 4 is 5.78 Å². The number of carbonyl (C=O) groups excluding carboxylic acids is 1. The molecule has 1 aliphatic carbocycles. The maximum absolute atomic E-state index is 12.5. The van der Waals surface area contributed by atoms with Gasteiger partial charge in [0.25, 0.3) is 0 Å². The lowest BCUT2D eigenvalue weighted by molar-refractivity contribution is 0.0873. The molecule has 0 aromatic heterocycles. The molecule has 2 nitrogen and oxygen atoms in total. The molecule has 1 saturated carbocycles. The first-order valence-corrected chi connectivity index (χ1v) is 7.76. The maximum Gasteiger partial charge on any atom is 0.165 e. The second kappa shape index (κ2) is 6.09. The summed E-state index contributed by atoms with van der Waals surface area (Å²) >= 11 is 0. The van der Waals surface area contributed by atoms with Crippen LogP contribution in [0.2, 0.25) is 0 Å². The molecule has 1 aromatic carbocycles. The second-order valence-corrected chi connectivity index (χ2v) is 7.14. The SMILES string of the molecule is CC(C)(C)c1ccc(C(=O)C2CCC(CN)CC2)cc1. The highest BCUT2D eigenvalue weighted by atomic mass is 16.1. The summed E-state index contributed by atoms with van der Waals surface area (Å²) in [7, 11) is 0. The summed E-state index contributed by atoms with van der Waals surface area (Å²) < 4.78 is 0. The molecule has 0 saturated heterocycles. The second-order valence-electron chi connectivity index (χ2n) is 7.14. The van der Waals surface area contributed by atoms with Crippen LogP contribution in [0.15, 0.2) is 24.3 Å². The molecular formula is C18H27NO. The predicted molar refractivity (Wildman–Crippen MR) is 84.0 cm³/mol. The molecule has 110 valence electrons. The molecule has 0 atom stereocenters. The van der Waals surface area contributed by atoms with Gasteiger partial charge in [-0.05, 0) is 49.1 Å². The van der Waals surface area contributed by atoms with Gasteiger partial charge in [-0.15, -0.1) is 0 Å². The van der Waals surface area contributed by atoms with E-state index < -0.39 is 0 Å². The highest BCUT2D eigenvalue weighted by Gasteiger charge is 2.26. The van der Waals surface area contributed by atoms with Gasteiger partial charge < -0.3 is 5.73 Å². The summed E-state index contributed by atoms with van der Waals surface area (Å²) in [6.45, 7) is 7.34. The summed E-state index contributed by atoms with van der Waals surface area (Å²) in [4.78, 5) is 12.5. The first kappa shape index (κ1) is 15.2. The van der Waals surface area contributed by atoms with E-state index in [4.69, 9.17) is 5.73 Å². The lowest BCUT2D eigenvalue weighted by Crippen LogP contribution is -2.25. The largest absolute Gasteiger partial charge is 0.330 e. The lowest BCUT2D eigenvalue weighted by Gasteiger charge is -2.27. The summed E-state index contributed by atoms with van der Waals surface area (Å²) in [6.07, 6.45) is 4.21. The summed E-state index contributed by atoms with van der Waals surface area (Å²) in [5, 5.41) is 0. The molecular weight excluding hydrogens is 246 g/mol. The van der Waals surface area contributed by atoms with Crippen LogP contribution in [0.1, 0.15) is 62.4 Å². The molecule has 0 aliphatic heterocycles. The van der Waals surface area contributed by atoms with Crippen LogP contribution < -0.4 is 5.73 Å². The fourth-order valence-corrected chi connectivity index (χ4v) is 3.03. The van der Waals surface area contributed by atoms with Crippen LogP contribution in [-0.2, 0) is 5.41 Å². The molecule has 0 unspecified atom stereocenters. The van der Waals surface area contributed by atoms with Crippen LogP contribution >= 0.6 is 0 Å². The van der Waals surface area contributed by atoms with Crippen molar-refractivity contribution in [1.29, 1.82) is 0 Å². The standard InChI is InChI=1S/C18H27NO/c1-18(2,3)16-10-8-15(9-11-16)17(20)14-6-4-13(12-19)5-7-14/h8-11,13-14H,4-7,12,19H2,1-3H3. The van der Waals surface area contributed by atoms with Crippen molar-refractivity contribution in [3.8, 4) is 0 Å². The van der Waals surface area contributed by atoms with Crippen LogP contribution in [0.5, 0.6) is 0 Å². The summed E-state index contributed by atoms with van der Waals surface area (Å²) in [5.74, 6) is 1.15. The molecule has 20 heavy (non-hydrogen) atoms. The van der Waals surface area contributed by atoms with Gasteiger partial charge in [0, 0.05) is 11.5 Å². The van der Waals surface area contributed by atoms with Gasteiger partial charge in [0.1, 0.15) is 0 Å². The molecule has 0 radical (unpaired) electrons. The van der Waals surface area contributed by atoms with E-state index in [9.17, 15) is 4.79 Å². The van der Waals surface area contributed by atoms with Gasteiger partial charge in [-0.25, -0.2) is 0 Å². The van der Waals surface area contributed by atoms with E-state index in [1.165, 1.54) is 5.56 Å².